The lowest BCUT2D eigenvalue weighted by Gasteiger charge is -2.38. The quantitative estimate of drug-likeness (QED) is 0.163. The van der Waals surface area contributed by atoms with Crippen LogP contribution in [0.1, 0.15) is 50.3 Å². The predicted molar refractivity (Wildman–Crippen MR) is 179 cm³/mol. The molecule has 9 nitrogen and oxygen atoms in total. The predicted octanol–water partition coefficient (Wildman–Crippen LogP) is 5.76. The molecular weight excluding hydrogens is 641 g/mol. The molecule has 0 bridgehead atoms. The summed E-state index contributed by atoms with van der Waals surface area (Å²) in [6.45, 7) is 1.89. The zero-order valence-electron chi connectivity index (χ0n) is 25.4. The maximum Gasteiger partial charge on any atom is 0.251 e. The summed E-state index contributed by atoms with van der Waals surface area (Å²) >= 11 is 0.653. The van der Waals surface area contributed by atoms with Crippen molar-refractivity contribution in [3.8, 4) is 0 Å². The summed E-state index contributed by atoms with van der Waals surface area (Å²) in [7, 11) is -8.25. The highest BCUT2D eigenvalue weighted by Crippen LogP contribution is 2.38. The third-order valence-corrected chi connectivity index (χ3v) is 14.3. The van der Waals surface area contributed by atoms with Crippen LogP contribution < -0.4 is 10.0 Å². The number of pyridine rings is 1. The largest absolute Gasteiger partial charge is 0.361 e. The van der Waals surface area contributed by atoms with Crippen LogP contribution in [0.25, 0.3) is 10.9 Å². The Hall–Kier alpha value is -3.84. The lowest BCUT2D eigenvalue weighted by molar-refractivity contribution is -0.126. The molecule has 1 aliphatic carbocycles. The Bertz CT molecular complexity index is 2050. The van der Waals surface area contributed by atoms with E-state index in [-0.39, 0.29) is 25.1 Å². The molecule has 46 heavy (non-hydrogen) atoms. The van der Waals surface area contributed by atoms with Gasteiger partial charge in [0, 0.05) is 47.4 Å². The summed E-state index contributed by atoms with van der Waals surface area (Å²) < 4.78 is 56.6. The molecule has 2 aromatic carbocycles. The van der Waals surface area contributed by atoms with Gasteiger partial charge in [-0.15, -0.1) is 11.3 Å². The molecule has 3 N–H and O–H groups in total. The van der Waals surface area contributed by atoms with Crippen LogP contribution in [0.2, 0.25) is 0 Å². The fourth-order valence-corrected chi connectivity index (χ4v) is 10.9. The standard InChI is InChI=1S/C34H36N4O5S3/c1-33(22-25-23-36-28-15-7-6-14-27(25)28,32(39)37-24-34(19-9-3-10-20-34)29-16-8-11-21-35-29)38-46(42,43)31-18-17-30(44-31)45(40,41)26-12-4-2-5-13-26/h2,4-8,11-18,21,23,36,38H,3,9-10,19-20,22,24H2,1H3,(H,37,39)/t33-/m0/s1. The minimum Gasteiger partial charge on any atom is -0.361 e. The Morgan fingerprint density at radius 1 is 0.891 bits per heavy atom. The molecule has 1 atom stereocenters. The number of amides is 1. The zero-order chi connectivity index (χ0) is 32.4. The Kier molecular flexibility index (Phi) is 8.90. The minimum absolute atomic E-state index is 0.0548. The van der Waals surface area contributed by atoms with Gasteiger partial charge in [0.05, 0.1) is 4.90 Å². The number of aromatic amines is 1. The first-order chi connectivity index (χ1) is 22.0. The minimum atomic E-state index is -4.33. The third-order valence-electron chi connectivity index (χ3n) is 8.83. The van der Waals surface area contributed by atoms with Gasteiger partial charge in [0.25, 0.3) is 10.0 Å². The Labute approximate surface area is 273 Å². The zero-order valence-corrected chi connectivity index (χ0v) is 27.9. The maximum absolute atomic E-state index is 14.2. The number of para-hydroxylation sites is 1. The first-order valence-electron chi connectivity index (χ1n) is 15.2. The monoisotopic (exact) mass is 676 g/mol. The number of aromatic nitrogens is 2. The van der Waals surface area contributed by atoms with E-state index in [9.17, 15) is 21.6 Å². The number of fused-ring (bicyclic) bond motifs is 1. The lowest BCUT2D eigenvalue weighted by Crippen LogP contribution is -2.59. The van der Waals surface area contributed by atoms with Gasteiger partial charge < -0.3 is 10.3 Å². The van der Waals surface area contributed by atoms with Crippen LogP contribution in [0.4, 0.5) is 0 Å². The molecule has 1 amide bonds. The van der Waals surface area contributed by atoms with Crippen LogP contribution in [-0.2, 0) is 36.5 Å². The van der Waals surface area contributed by atoms with E-state index >= 15 is 0 Å². The number of benzene rings is 2. The fraction of sp³-hybridized carbons (Fsp3) is 0.294. The molecule has 1 saturated carbocycles. The molecular formula is C34H36N4O5S3. The summed E-state index contributed by atoms with van der Waals surface area (Å²) in [4.78, 5) is 22.2. The highest BCUT2D eigenvalue weighted by Gasteiger charge is 2.42. The first kappa shape index (κ1) is 32.1. The van der Waals surface area contributed by atoms with Crippen LogP contribution in [0.15, 0.2) is 111 Å². The molecule has 0 saturated heterocycles. The van der Waals surface area contributed by atoms with Crippen molar-refractivity contribution in [2.45, 2.75) is 69.7 Å². The second kappa shape index (κ2) is 12.7. The van der Waals surface area contributed by atoms with Crippen molar-refractivity contribution in [2.75, 3.05) is 6.54 Å². The molecule has 0 radical (unpaired) electrons. The van der Waals surface area contributed by atoms with Crippen LogP contribution >= 0.6 is 11.3 Å². The Morgan fingerprint density at radius 3 is 2.33 bits per heavy atom. The highest BCUT2D eigenvalue weighted by molar-refractivity contribution is 7.95. The van der Waals surface area contributed by atoms with E-state index in [0.29, 0.717) is 17.9 Å². The number of nitrogens with zero attached hydrogens (tertiary/aromatic N) is 1. The molecule has 1 fully saturated rings. The topological polar surface area (TPSA) is 138 Å². The van der Waals surface area contributed by atoms with Crippen LogP contribution in [0.3, 0.4) is 0 Å². The van der Waals surface area contributed by atoms with Crippen molar-refractivity contribution < 1.29 is 21.6 Å². The molecule has 12 heteroatoms. The van der Waals surface area contributed by atoms with E-state index in [2.05, 4.69) is 20.0 Å². The van der Waals surface area contributed by atoms with E-state index in [1.807, 2.05) is 42.5 Å². The van der Waals surface area contributed by atoms with Gasteiger partial charge in [-0.2, -0.15) is 4.72 Å². The van der Waals surface area contributed by atoms with Gasteiger partial charge in [-0.1, -0.05) is 61.7 Å². The Balaban J connectivity index is 1.32. The summed E-state index contributed by atoms with van der Waals surface area (Å²) in [5.41, 5.74) is 0.579. The maximum atomic E-state index is 14.2. The van der Waals surface area contributed by atoms with Gasteiger partial charge in [0.1, 0.15) is 14.0 Å². The van der Waals surface area contributed by atoms with Gasteiger partial charge in [-0.25, -0.2) is 16.8 Å². The number of H-pyrrole nitrogens is 1. The number of rotatable bonds is 11. The number of sulfone groups is 1. The molecule has 0 aliphatic heterocycles. The second-order valence-electron chi connectivity index (χ2n) is 12.1. The van der Waals surface area contributed by atoms with Crippen LogP contribution in [0.5, 0.6) is 0 Å². The van der Waals surface area contributed by atoms with Crippen LogP contribution in [-0.4, -0.2) is 44.8 Å². The average Bonchev–Trinajstić information content (AvgIpc) is 3.74. The van der Waals surface area contributed by atoms with Crippen LogP contribution in [0, 0.1) is 0 Å². The molecule has 3 heterocycles. The van der Waals surface area contributed by atoms with E-state index in [4.69, 9.17) is 0 Å². The molecule has 6 rings (SSSR count). The number of nitrogens with one attached hydrogen (secondary N) is 3. The van der Waals surface area contributed by atoms with Crippen molar-refractivity contribution in [1.29, 1.82) is 0 Å². The molecule has 3 aromatic heterocycles. The van der Waals surface area contributed by atoms with Crippen molar-refractivity contribution >= 4 is 48.0 Å². The van der Waals surface area contributed by atoms with E-state index < -0.39 is 31.3 Å². The number of hydrogen-bond acceptors (Lipinski definition) is 7. The normalized spacial score (nSPS) is 16.5. The van der Waals surface area contributed by atoms with Crippen molar-refractivity contribution in [1.82, 2.24) is 20.0 Å². The summed E-state index contributed by atoms with van der Waals surface area (Å²) in [6.07, 6.45) is 8.47. The lowest BCUT2D eigenvalue weighted by atomic mass is 9.71. The number of carbonyl (C=O) groups is 1. The van der Waals surface area contributed by atoms with E-state index in [1.54, 1.807) is 37.5 Å². The van der Waals surface area contributed by atoms with E-state index in [0.717, 1.165) is 54.3 Å². The smallest absolute Gasteiger partial charge is 0.251 e. The fourth-order valence-electron chi connectivity index (χ4n) is 6.35. The van der Waals surface area contributed by atoms with Gasteiger partial charge in [-0.3, -0.25) is 9.78 Å². The SMILES string of the molecule is C[C@@](Cc1c[nH]c2ccccc12)(NS(=O)(=O)c1ccc(S(=O)(=O)c2ccccc2)s1)C(=O)NCC1(c2ccccn2)CCCCC1. The summed E-state index contributed by atoms with van der Waals surface area (Å²) in [5.74, 6) is -0.476. The van der Waals surface area contributed by atoms with Crippen molar-refractivity contribution in [3.05, 3.63) is 109 Å². The molecule has 0 spiro atoms. The van der Waals surface area contributed by atoms with Gasteiger partial charge in [0.2, 0.25) is 15.7 Å². The Morgan fingerprint density at radius 2 is 1.59 bits per heavy atom. The highest BCUT2D eigenvalue weighted by atomic mass is 32.3. The second-order valence-corrected chi connectivity index (χ2v) is 17.3. The number of carbonyl (C=O) groups excluding carboxylic acids is 1. The van der Waals surface area contributed by atoms with Crippen molar-refractivity contribution in [3.63, 3.8) is 0 Å². The van der Waals surface area contributed by atoms with E-state index in [1.165, 1.54) is 24.3 Å². The number of hydrogen-bond donors (Lipinski definition) is 3. The van der Waals surface area contributed by atoms with Gasteiger partial charge >= 0.3 is 0 Å². The summed E-state index contributed by atoms with van der Waals surface area (Å²) in [5, 5.41) is 3.99. The molecule has 1 aliphatic rings. The molecule has 0 unspecified atom stereocenters. The molecule has 240 valence electrons. The number of thiophene rings is 1. The molecule has 5 aromatic rings. The van der Waals surface area contributed by atoms with Gasteiger partial charge in [-0.05, 0) is 67.8 Å². The summed E-state index contributed by atoms with van der Waals surface area (Å²) in [6, 6.07) is 23.9. The average molecular weight is 677 g/mol. The number of sulfonamides is 1. The first-order valence-corrected chi connectivity index (χ1v) is 19.0. The third kappa shape index (κ3) is 6.39. The van der Waals surface area contributed by atoms with Crippen molar-refractivity contribution in [2.24, 2.45) is 0 Å². The van der Waals surface area contributed by atoms with Gasteiger partial charge in [0.15, 0.2) is 0 Å².